The largest absolute Gasteiger partial charge is 0.506 e. The molecule has 0 spiro atoms. The SMILES string of the molecule is CCc1cc(C)cc(O)c1-n1cc2sc(N)nc2n1. The summed E-state index contributed by atoms with van der Waals surface area (Å²) >= 11 is 1.39. The summed E-state index contributed by atoms with van der Waals surface area (Å²) in [5.74, 6) is 0.236. The van der Waals surface area contributed by atoms with Crippen molar-refractivity contribution in [3.05, 3.63) is 29.5 Å². The van der Waals surface area contributed by atoms with Crippen molar-refractivity contribution in [1.29, 1.82) is 0 Å². The molecule has 0 fully saturated rings. The van der Waals surface area contributed by atoms with Crippen LogP contribution in [0.1, 0.15) is 18.1 Å². The maximum atomic E-state index is 10.2. The minimum absolute atomic E-state index is 0.236. The average molecular weight is 274 g/mol. The Bertz CT molecular complexity index is 728. The molecular weight excluding hydrogens is 260 g/mol. The fourth-order valence-corrected chi connectivity index (χ4v) is 2.91. The molecule has 0 radical (unpaired) electrons. The Morgan fingerprint density at radius 3 is 2.89 bits per heavy atom. The van der Waals surface area contributed by atoms with Gasteiger partial charge in [-0.25, -0.2) is 4.68 Å². The quantitative estimate of drug-likeness (QED) is 0.753. The van der Waals surface area contributed by atoms with Crippen LogP contribution in [0.5, 0.6) is 5.75 Å². The first-order chi connectivity index (χ1) is 9.08. The lowest BCUT2D eigenvalue weighted by molar-refractivity contribution is 0.469. The van der Waals surface area contributed by atoms with Gasteiger partial charge in [-0.3, -0.25) is 0 Å². The number of aromatic hydroxyl groups is 1. The monoisotopic (exact) mass is 274 g/mol. The van der Waals surface area contributed by atoms with E-state index in [2.05, 4.69) is 23.1 Å². The molecule has 2 aromatic heterocycles. The van der Waals surface area contributed by atoms with Crippen LogP contribution in [-0.2, 0) is 6.42 Å². The number of aromatic nitrogens is 3. The van der Waals surface area contributed by atoms with Gasteiger partial charge in [-0.2, -0.15) is 4.98 Å². The second kappa shape index (κ2) is 4.24. The molecular formula is C13H14N4OS. The van der Waals surface area contributed by atoms with Crippen LogP contribution in [0.15, 0.2) is 18.3 Å². The summed E-state index contributed by atoms with van der Waals surface area (Å²) in [5, 5.41) is 15.1. The van der Waals surface area contributed by atoms with Crippen LogP contribution < -0.4 is 5.73 Å². The summed E-state index contributed by atoms with van der Waals surface area (Å²) < 4.78 is 2.60. The molecule has 0 saturated heterocycles. The van der Waals surface area contributed by atoms with Gasteiger partial charge in [-0.05, 0) is 30.5 Å². The Morgan fingerprint density at radius 2 is 2.21 bits per heavy atom. The molecule has 0 amide bonds. The molecule has 0 saturated carbocycles. The molecule has 0 aliphatic rings. The minimum atomic E-state index is 0.236. The number of anilines is 1. The van der Waals surface area contributed by atoms with Crippen LogP contribution >= 0.6 is 11.3 Å². The highest BCUT2D eigenvalue weighted by molar-refractivity contribution is 7.21. The predicted octanol–water partition coefficient (Wildman–Crippen LogP) is 2.64. The lowest BCUT2D eigenvalue weighted by Crippen LogP contribution is -2.01. The molecule has 0 unspecified atom stereocenters. The summed E-state index contributed by atoms with van der Waals surface area (Å²) in [7, 11) is 0. The first kappa shape index (κ1) is 12.0. The van der Waals surface area contributed by atoms with Gasteiger partial charge in [0.1, 0.15) is 11.4 Å². The van der Waals surface area contributed by atoms with Gasteiger partial charge in [0, 0.05) is 0 Å². The standard InChI is InChI=1S/C13H14N4OS/c1-3-8-4-7(2)5-9(18)11(8)17-6-10-12(16-17)15-13(14)19-10/h4-6,18H,3H2,1-2H3,(H2,14,15,16). The Kier molecular flexibility index (Phi) is 2.67. The van der Waals surface area contributed by atoms with Crippen molar-refractivity contribution in [2.45, 2.75) is 20.3 Å². The Labute approximate surface area is 114 Å². The maximum Gasteiger partial charge on any atom is 0.194 e. The van der Waals surface area contributed by atoms with Crippen LogP contribution in [0, 0.1) is 6.92 Å². The first-order valence-corrected chi connectivity index (χ1v) is 6.84. The van der Waals surface area contributed by atoms with Gasteiger partial charge in [0.25, 0.3) is 0 Å². The van der Waals surface area contributed by atoms with Gasteiger partial charge >= 0.3 is 0 Å². The van der Waals surface area contributed by atoms with E-state index in [9.17, 15) is 5.11 Å². The third-order valence-corrected chi connectivity index (χ3v) is 3.82. The molecule has 0 aliphatic carbocycles. The van der Waals surface area contributed by atoms with Crippen LogP contribution in [0.3, 0.4) is 0 Å². The van der Waals surface area contributed by atoms with Crippen molar-refractivity contribution in [3.8, 4) is 11.4 Å². The summed E-state index contributed by atoms with van der Waals surface area (Å²) in [5.41, 5.74) is 9.07. The maximum absolute atomic E-state index is 10.2. The molecule has 0 atom stereocenters. The molecule has 0 aliphatic heterocycles. The number of nitrogen functional groups attached to an aromatic ring is 1. The van der Waals surface area contributed by atoms with E-state index in [4.69, 9.17) is 5.73 Å². The van der Waals surface area contributed by atoms with Gasteiger partial charge in [-0.1, -0.05) is 24.3 Å². The van der Waals surface area contributed by atoms with Crippen molar-refractivity contribution in [3.63, 3.8) is 0 Å². The molecule has 5 nitrogen and oxygen atoms in total. The molecule has 0 bridgehead atoms. The number of benzene rings is 1. The fraction of sp³-hybridized carbons (Fsp3) is 0.231. The first-order valence-electron chi connectivity index (χ1n) is 6.03. The smallest absolute Gasteiger partial charge is 0.194 e. The summed E-state index contributed by atoms with van der Waals surface area (Å²) in [4.78, 5) is 4.14. The molecule has 6 heteroatoms. The van der Waals surface area contributed by atoms with E-state index in [1.807, 2.05) is 13.1 Å². The Balaban J connectivity index is 2.22. The summed E-state index contributed by atoms with van der Waals surface area (Å²) in [6.07, 6.45) is 2.68. The molecule has 2 heterocycles. The topological polar surface area (TPSA) is 77.0 Å². The average Bonchev–Trinajstić information content (AvgIpc) is 2.84. The zero-order chi connectivity index (χ0) is 13.6. The predicted molar refractivity (Wildman–Crippen MR) is 76.9 cm³/mol. The normalized spacial score (nSPS) is 11.3. The fourth-order valence-electron chi connectivity index (χ4n) is 2.22. The molecule has 19 heavy (non-hydrogen) atoms. The number of phenols is 1. The van der Waals surface area contributed by atoms with Gasteiger partial charge < -0.3 is 10.8 Å². The van der Waals surface area contributed by atoms with Crippen LogP contribution in [0.2, 0.25) is 0 Å². The van der Waals surface area contributed by atoms with E-state index in [0.29, 0.717) is 10.8 Å². The Morgan fingerprint density at radius 1 is 1.42 bits per heavy atom. The minimum Gasteiger partial charge on any atom is -0.506 e. The number of hydrogen-bond donors (Lipinski definition) is 2. The Hall–Kier alpha value is -2.08. The number of nitrogens with two attached hydrogens (primary N) is 1. The lowest BCUT2D eigenvalue weighted by atomic mass is 10.1. The lowest BCUT2D eigenvalue weighted by Gasteiger charge is -2.11. The highest BCUT2D eigenvalue weighted by Gasteiger charge is 2.14. The molecule has 98 valence electrons. The number of nitrogens with zero attached hydrogens (tertiary/aromatic N) is 3. The highest BCUT2D eigenvalue weighted by Crippen LogP contribution is 2.30. The third-order valence-electron chi connectivity index (χ3n) is 3.02. The number of aryl methyl sites for hydroxylation is 2. The number of hydrogen-bond acceptors (Lipinski definition) is 5. The zero-order valence-corrected chi connectivity index (χ0v) is 11.5. The molecule has 3 N–H and O–H groups in total. The summed E-state index contributed by atoms with van der Waals surface area (Å²) in [6.45, 7) is 4.02. The van der Waals surface area contributed by atoms with Gasteiger partial charge in [0.15, 0.2) is 10.8 Å². The van der Waals surface area contributed by atoms with E-state index >= 15 is 0 Å². The number of thiazole rings is 1. The highest BCUT2D eigenvalue weighted by atomic mass is 32.1. The van der Waals surface area contributed by atoms with E-state index < -0.39 is 0 Å². The second-order valence-electron chi connectivity index (χ2n) is 4.46. The van der Waals surface area contributed by atoms with Gasteiger partial charge in [0.2, 0.25) is 0 Å². The third kappa shape index (κ3) is 1.94. The van der Waals surface area contributed by atoms with Gasteiger partial charge in [-0.15, -0.1) is 5.10 Å². The van der Waals surface area contributed by atoms with Crippen LogP contribution in [-0.4, -0.2) is 19.9 Å². The van der Waals surface area contributed by atoms with Crippen molar-refractivity contribution in [1.82, 2.24) is 14.8 Å². The van der Waals surface area contributed by atoms with Crippen molar-refractivity contribution in [2.75, 3.05) is 5.73 Å². The van der Waals surface area contributed by atoms with Crippen molar-refractivity contribution < 1.29 is 5.11 Å². The number of fused-ring (bicyclic) bond motifs is 1. The van der Waals surface area contributed by atoms with Gasteiger partial charge in [0.05, 0.1) is 10.9 Å². The zero-order valence-electron chi connectivity index (χ0n) is 10.7. The number of rotatable bonds is 2. The number of phenolic OH excluding ortho intramolecular Hbond substituents is 1. The van der Waals surface area contributed by atoms with E-state index in [1.54, 1.807) is 10.7 Å². The molecule has 3 aromatic rings. The van der Waals surface area contributed by atoms with E-state index in [-0.39, 0.29) is 5.75 Å². The van der Waals surface area contributed by atoms with E-state index in [0.717, 1.165) is 27.9 Å². The van der Waals surface area contributed by atoms with Crippen LogP contribution in [0.25, 0.3) is 16.0 Å². The van der Waals surface area contributed by atoms with Crippen molar-refractivity contribution >= 4 is 26.8 Å². The van der Waals surface area contributed by atoms with Crippen LogP contribution in [0.4, 0.5) is 5.13 Å². The van der Waals surface area contributed by atoms with Crippen molar-refractivity contribution in [2.24, 2.45) is 0 Å². The molecule has 3 rings (SSSR count). The second-order valence-corrected chi connectivity index (χ2v) is 5.52. The molecule has 1 aromatic carbocycles. The summed E-state index contributed by atoms with van der Waals surface area (Å²) in [6, 6.07) is 3.80. The van der Waals surface area contributed by atoms with E-state index in [1.165, 1.54) is 11.3 Å².